The SMILES string of the molecule is CCCCCCCCCCCCSC[C@@H](NC(C)=O)C(=O)N(CCCN=C(N)NC(N)=NC)CCCN=C(N)NC(N)=NC. The number of guanidine groups is 4. The number of nitrogens with two attached hydrogens (primary N) is 4. The van der Waals surface area contributed by atoms with E-state index in [-0.39, 0.29) is 35.7 Å². The Kier molecular flexibility index (Phi) is 25.3. The molecule has 0 aliphatic heterocycles. The Balaban J connectivity index is 5.00. The molecule has 2 amide bonds. The predicted octanol–water partition coefficient (Wildman–Crippen LogP) is 1.45. The van der Waals surface area contributed by atoms with E-state index in [1.807, 2.05) is 0 Å². The molecule has 0 aromatic heterocycles. The number of carbonyl (C=O) groups is 2. The van der Waals surface area contributed by atoms with E-state index in [1.165, 1.54) is 64.7 Å². The molecule has 0 aliphatic rings. The van der Waals surface area contributed by atoms with Gasteiger partial charge >= 0.3 is 0 Å². The minimum Gasteiger partial charge on any atom is -0.370 e. The van der Waals surface area contributed by atoms with Gasteiger partial charge in [-0.2, -0.15) is 11.8 Å². The molecule has 0 unspecified atom stereocenters. The van der Waals surface area contributed by atoms with Crippen molar-refractivity contribution in [2.45, 2.75) is 96.9 Å². The van der Waals surface area contributed by atoms with Crippen molar-refractivity contribution in [3.8, 4) is 0 Å². The standard InChI is InChI=1S/C29H60N12O2S/c1-5-6-7-8-9-10-11-12-13-14-21-44-22-24(38-23(2)42)25(43)41(19-15-17-36-28(32)39-26(30)34-3)20-16-18-37-29(33)40-27(31)35-4/h24H,5-22H2,1-4H3,(H,38,42)(H5,30,32,34,36,39)(H5,31,33,35,37,40)/t24-/m1/s1. The summed E-state index contributed by atoms with van der Waals surface area (Å²) < 4.78 is 0. The van der Waals surface area contributed by atoms with E-state index in [4.69, 9.17) is 22.9 Å². The van der Waals surface area contributed by atoms with Gasteiger partial charge in [-0.05, 0) is 25.0 Å². The van der Waals surface area contributed by atoms with Crippen molar-refractivity contribution in [2.75, 3.05) is 51.8 Å². The third-order valence-electron chi connectivity index (χ3n) is 6.64. The maximum Gasteiger partial charge on any atom is 0.246 e. The lowest BCUT2D eigenvalue weighted by molar-refractivity contribution is -0.135. The van der Waals surface area contributed by atoms with Gasteiger partial charge in [0.2, 0.25) is 11.8 Å². The lowest BCUT2D eigenvalue weighted by atomic mass is 10.1. The van der Waals surface area contributed by atoms with E-state index in [1.54, 1.807) is 30.8 Å². The van der Waals surface area contributed by atoms with E-state index in [9.17, 15) is 9.59 Å². The average Bonchev–Trinajstić information content (AvgIpc) is 2.99. The fourth-order valence-corrected chi connectivity index (χ4v) is 5.28. The van der Waals surface area contributed by atoms with Crippen molar-refractivity contribution in [2.24, 2.45) is 42.9 Å². The molecule has 0 heterocycles. The summed E-state index contributed by atoms with van der Waals surface area (Å²) in [5.41, 5.74) is 22.9. The molecule has 14 nitrogen and oxygen atoms in total. The van der Waals surface area contributed by atoms with Crippen LogP contribution in [0, 0.1) is 0 Å². The van der Waals surface area contributed by atoms with E-state index < -0.39 is 6.04 Å². The first-order valence-corrected chi connectivity index (χ1v) is 17.0. The minimum atomic E-state index is -0.618. The molecule has 0 saturated carbocycles. The Morgan fingerprint density at radius 3 is 1.59 bits per heavy atom. The second-order valence-corrected chi connectivity index (χ2v) is 11.7. The quantitative estimate of drug-likeness (QED) is 0.0486. The number of aliphatic imine (C=N–C) groups is 4. The van der Waals surface area contributed by atoms with Gasteiger partial charge in [0.05, 0.1) is 0 Å². The molecule has 0 aliphatic carbocycles. The molecule has 0 radical (unpaired) electrons. The van der Waals surface area contributed by atoms with Crippen LogP contribution in [0.5, 0.6) is 0 Å². The van der Waals surface area contributed by atoms with Crippen molar-refractivity contribution in [1.29, 1.82) is 0 Å². The van der Waals surface area contributed by atoms with Crippen LogP contribution >= 0.6 is 11.8 Å². The van der Waals surface area contributed by atoms with Crippen LogP contribution < -0.4 is 38.9 Å². The number of hydrogen-bond donors (Lipinski definition) is 7. The van der Waals surface area contributed by atoms with E-state index >= 15 is 0 Å². The van der Waals surface area contributed by atoms with Gasteiger partial charge in [-0.1, -0.05) is 64.7 Å². The summed E-state index contributed by atoms with van der Waals surface area (Å²) in [7, 11) is 3.08. The van der Waals surface area contributed by atoms with Crippen LogP contribution in [0.2, 0.25) is 0 Å². The summed E-state index contributed by atoms with van der Waals surface area (Å²) in [4.78, 5) is 43.4. The fraction of sp³-hybridized carbons (Fsp3) is 0.793. The van der Waals surface area contributed by atoms with E-state index in [0.29, 0.717) is 44.8 Å². The summed E-state index contributed by atoms with van der Waals surface area (Å²) in [5.74, 6) is 1.73. The van der Waals surface area contributed by atoms with Crippen LogP contribution in [0.25, 0.3) is 0 Å². The van der Waals surface area contributed by atoms with Crippen molar-refractivity contribution in [3.63, 3.8) is 0 Å². The number of nitrogens with zero attached hydrogens (tertiary/aromatic N) is 5. The number of thioether (sulfide) groups is 1. The Labute approximate surface area is 269 Å². The van der Waals surface area contributed by atoms with Crippen molar-refractivity contribution in [3.05, 3.63) is 0 Å². The molecule has 0 rings (SSSR count). The largest absolute Gasteiger partial charge is 0.370 e. The molecule has 0 spiro atoms. The lowest BCUT2D eigenvalue weighted by Gasteiger charge is -2.27. The van der Waals surface area contributed by atoms with Crippen molar-refractivity contribution < 1.29 is 9.59 Å². The number of carbonyl (C=O) groups excluding carboxylic acids is 2. The monoisotopic (exact) mass is 640 g/mol. The Morgan fingerprint density at radius 1 is 0.705 bits per heavy atom. The zero-order valence-electron chi connectivity index (χ0n) is 27.6. The van der Waals surface area contributed by atoms with Crippen LogP contribution in [-0.2, 0) is 9.59 Å². The zero-order valence-corrected chi connectivity index (χ0v) is 28.4. The van der Waals surface area contributed by atoms with E-state index in [2.05, 4.69) is 42.8 Å². The Bertz CT molecular complexity index is 869. The van der Waals surface area contributed by atoms with Gasteiger partial charge < -0.3 is 33.2 Å². The summed E-state index contributed by atoms with van der Waals surface area (Å²) >= 11 is 1.70. The summed E-state index contributed by atoms with van der Waals surface area (Å²) in [6, 6.07) is -0.618. The summed E-state index contributed by atoms with van der Waals surface area (Å²) in [5, 5.41) is 8.22. The van der Waals surface area contributed by atoms with Crippen LogP contribution in [0.4, 0.5) is 0 Å². The number of nitrogens with one attached hydrogen (secondary N) is 3. The highest BCUT2D eigenvalue weighted by Gasteiger charge is 2.24. The van der Waals surface area contributed by atoms with Gasteiger partial charge in [-0.3, -0.25) is 40.2 Å². The van der Waals surface area contributed by atoms with E-state index in [0.717, 1.165) is 12.2 Å². The molecule has 1 atom stereocenters. The Hall–Kier alpha value is -3.23. The lowest BCUT2D eigenvalue weighted by Crippen LogP contribution is -2.50. The maximum absolute atomic E-state index is 13.6. The summed E-state index contributed by atoms with van der Waals surface area (Å²) in [6.45, 7) is 5.29. The van der Waals surface area contributed by atoms with Crippen molar-refractivity contribution in [1.82, 2.24) is 20.9 Å². The van der Waals surface area contributed by atoms with Gasteiger partial charge in [-0.25, -0.2) is 0 Å². The van der Waals surface area contributed by atoms with Gasteiger partial charge in [0.15, 0.2) is 23.8 Å². The molecule has 44 heavy (non-hydrogen) atoms. The molecule has 0 aromatic rings. The van der Waals surface area contributed by atoms with Gasteiger partial charge in [-0.15, -0.1) is 0 Å². The zero-order chi connectivity index (χ0) is 33.0. The average molecular weight is 641 g/mol. The second kappa shape index (κ2) is 27.3. The number of rotatable bonds is 23. The highest BCUT2D eigenvalue weighted by molar-refractivity contribution is 7.99. The third-order valence-corrected chi connectivity index (χ3v) is 7.79. The summed E-state index contributed by atoms with van der Waals surface area (Å²) in [6.07, 6.45) is 13.9. The molecule has 254 valence electrons. The smallest absolute Gasteiger partial charge is 0.246 e. The second-order valence-electron chi connectivity index (χ2n) is 10.5. The molecule has 0 fully saturated rings. The molecule has 11 N–H and O–H groups in total. The molecular weight excluding hydrogens is 580 g/mol. The number of unbranched alkanes of at least 4 members (excludes halogenated alkanes) is 9. The first kappa shape index (κ1) is 40.8. The molecule has 0 aromatic carbocycles. The van der Waals surface area contributed by atoms with Gasteiger partial charge in [0, 0.05) is 53.0 Å². The van der Waals surface area contributed by atoms with Crippen LogP contribution in [0.3, 0.4) is 0 Å². The normalized spacial score (nSPS) is 13.5. The highest BCUT2D eigenvalue weighted by atomic mass is 32.2. The van der Waals surface area contributed by atoms with Crippen LogP contribution in [0.1, 0.15) is 90.9 Å². The highest BCUT2D eigenvalue weighted by Crippen LogP contribution is 2.14. The molecule has 15 heteroatoms. The minimum absolute atomic E-state index is 0.134. The molecule has 0 bridgehead atoms. The van der Waals surface area contributed by atoms with Gasteiger partial charge in [0.1, 0.15) is 6.04 Å². The first-order valence-electron chi connectivity index (χ1n) is 15.9. The molecule has 0 saturated heterocycles. The maximum atomic E-state index is 13.6. The third kappa shape index (κ3) is 23.3. The topological polar surface area (TPSA) is 227 Å². The first-order chi connectivity index (χ1) is 21.1. The number of amides is 2. The molecular formula is C29H60N12O2S. The van der Waals surface area contributed by atoms with Gasteiger partial charge in [0.25, 0.3) is 0 Å². The predicted molar refractivity (Wildman–Crippen MR) is 187 cm³/mol. The fourth-order valence-electron chi connectivity index (χ4n) is 4.24. The number of hydrogen-bond acceptors (Lipinski definition) is 7. The van der Waals surface area contributed by atoms with Crippen LogP contribution in [-0.4, -0.2) is 98.4 Å². The Morgan fingerprint density at radius 2 is 1.16 bits per heavy atom. The van der Waals surface area contributed by atoms with Crippen LogP contribution in [0.15, 0.2) is 20.0 Å². The van der Waals surface area contributed by atoms with Crippen molar-refractivity contribution >= 4 is 47.4 Å².